The van der Waals surface area contributed by atoms with Crippen LogP contribution in [0.4, 0.5) is 5.69 Å². The van der Waals surface area contributed by atoms with Gasteiger partial charge in [0.15, 0.2) is 0 Å². The summed E-state index contributed by atoms with van der Waals surface area (Å²) >= 11 is 6.00. The van der Waals surface area contributed by atoms with Gasteiger partial charge in [-0.1, -0.05) is 18.5 Å². The van der Waals surface area contributed by atoms with Crippen molar-refractivity contribution in [3.63, 3.8) is 0 Å². The van der Waals surface area contributed by atoms with Crippen molar-refractivity contribution in [3.8, 4) is 0 Å². The molecule has 1 saturated heterocycles. The fourth-order valence-electron chi connectivity index (χ4n) is 3.45. The lowest BCUT2D eigenvalue weighted by Gasteiger charge is -2.34. The number of carbonyl (C=O) groups is 3. The molecule has 0 unspecified atom stereocenters. The van der Waals surface area contributed by atoms with Gasteiger partial charge in [-0.15, -0.1) is 0 Å². The summed E-state index contributed by atoms with van der Waals surface area (Å²) in [6.07, 6.45) is 0.959. The number of rotatable bonds is 2. The van der Waals surface area contributed by atoms with E-state index in [9.17, 15) is 14.4 Å². The number of carbonyl (C=O) groups excluding carboxylic acids is 3. The Morgan fingerprint density at radius 3 is 2.04 bits per heavy atom. The molecule has 2 fully saturated rings. The molecule has 1 heterocycles. The minimum absolute atomic E-state index is 0.149. The van der Waals surface area contributed by atoms with E-state index in [4.69, 9.17) is 11.6 Å². The zero-order valence-corrected chi connectivity index (χ0v) is 16.1. The van der Waals surface area contributed by atoms with E-state index in [0.29, 0.717) is 42.8 Å². The number of piperazine rings is 1. The molecule has 1 aromatic carbocycles. The molecular weight excluding hydrogens is 354 g/mol. The number of benzene rings is 1. The number of aryl methyl sites for hydroxylation is 2. The molecule has 6 nitrogen and oxygen atoms in total. The van der Waals surface area contributed by atoms with Crippen LogP contribution in [-0.4, -0.2) is 53.7 Å². The maximum atomic E-state index is 12.5. The predicted molar refractivity (Wildman–Crippen MR) is 100.0 cm³/mol. The van der Waals surface area contributed by atoms with Crippen LogP contribution in [0.1, 0.15) is 24.5 Å². The SMILES string of the molecule is Cc1cc(Cl)cc(C)c1NC(=O)C(=O)N1CCN(C(=O)[C@H]2C[C@@H]2C)CC1. The van der Waals surface area contributed by atoms with Gasteiger partial charge in [-0.05, 0) is 49.4 Å². The van der Waals surface area contributed by atoms with Gasteiger partial charge in [0.25, 0.3) is 0 Å². The molecule has 1 aromatic rings. The Morgan fingerprint density at radius 2 is 1.54 bits per heavy atom. The summed E-state index contributed by atoms with van der Waals surface area (Å²) in [5, 5.41) is 3.29. The van der Waals surface area contributed by atoms with E-state index in [1.54, 1.807) is 12.1 Å². The summed E-state index contributed by atoms with van der Waals surface area (Å²) < 4.78 is 0. The molecule has 1 aliphatic carbocycles. The molecule has 0 spiro atoms. The van der Waals surface area contributed by atoms with Crippen molar-refractivity contribution in [2.45, 2.75) is 27.2 Å². The van der Waals surface area contributed by atoms with Gasteiger partial charge in [-0.25, -0.2) is 0 Å². The number of halogens is 1. The molecule has 26 heavy (non-hydrogen) atoms. The van der Waals surface area contributed by atoms with Gasteiger partial charge in [0, 0.05) is 42.8 Å². The van der Waals surface area contributed by atoms with Crippen LogP contribution >= 0.6 is 11.6 Å². The third-order valence-electron chi connectivity index (χ3n) is 5.24. The number of amides is 3. The van der Waals surface area contributed by atoms with Crippen LogP contribution in [0.25, 0.3) is 0 Å². The maximum absolute atomic E-state index is 12.5. The van der Waals surface area contributed by atoms with E-state index in [1.165, 1.54) is 4.90 Å². The first-order valence-corrected chi connectivity index (χ1v) is 9.31. The van der Waals surface area contributed by atoms with Crippen molar-refractivity contribution in [2.24, 2.45) is 11.8 Å². The molecule has 3 amide bonds. The summed E-state index contributed by atoms with van der Waals surface area (Å²) in [5.41, 5.74) is 2.24. The molecule has 1 N–H and O–H groups in total. The second-order valence-corrected chi connectivity index (χ2v) is 7.74. The number of nitrogens with one attached hydrogen (secondary N) is 1. The van der Waals surface area contributed by atoms with Gasteiger partial charge in [0.1, 0.15) is 0 Å². The fourth-order valence-corrected chi connectivity index (χ4v) is 3.78. The quantitative estimate of drug-likeness (QED) is 0.803. The zero-order chi connectivity index (χ0) is 19.0. The lowest BCUT2D eigenvalue weighted by Crippen LogP contribution is -2.53. The smallest absolute Gasteiger partial charge is 0.313 e. The second-order valence-electron chi connectivity index (χ2n) is 7.31. The Hall–Kier alpha value is -2.08. The number of anilines is 1. The van der Waals surface area contributed by atoms with Crippen molar-refractivity contribution in [1.29, 1.82) is 0 Å². The molecule has 2 atom stereocenters. The highest BCUT2D eigenvalue weighted by Crippen LogP contribution is 2.39. The molecule has 7 heteroatoms. The van der Waals surface area contributed by atoms with Crippen molar-refractivity contribution in [2.75, 3.05) is 31.5 Å². The van der Waals surface area contributed by atoms with Crippen molar-refractivity contribution >= 4 is 35.0 Å². The van der Waals surface area contributed by atoms with Crippen LogP contribution in [-0.2, 0) is 14.4 Å². The molecule has 0 aromatic heterocycles. The van der Waals surface area contributed by atoms with Crippen LogP contribution in [0.3, 0.4) is 0 Å². The first-order valence-electron chi connectivity index (χ1n) is 8.93. The van der Waals surface area contributed by atoms with E-state index in [0.717, 1.165) is 17.5 Å². The summed E-state index contributed by atoms with van der Waals surface area (Å²) in [5.74, 6) is -0.420. The van der Waals surface area contributed by atoms with Gasteiger partial charge < -0.3 is 15.1 Å². The molecule has 1 aliphatic heterocycles. The van der Waals surface area contributed by atoms with Crippen LogP contribution < -0.4 is 5.32 Å². The first kappa shape index (κ1) is 18.7. The third-order valence-corrected chi connectivity index (χ3v) is 5.45. The van der Waals surface area contributed by atoms with Gasteiger partial charge in [-0.2, -0.15) is 0 Å². The lowest BCUT2D eigenvalue weighted by atomic mass is 10.1. The molecular formula is C19H24ClN3O3. The highest BCUT2D eigenvalue weighted by atomic mass is 35.5. The van der Waals surface area contributed by atoms with E-state index < -0.39 is 11.8 Å². The van der Waals surface area contributed by atoms with Crippen molar-refractivity contribution in [3.05, 3.63) is 28.3 Å². The molecule has 0 radical (unpaired) electrons. The molecule has 2 aliphatic rings. The Balaban J connectivity index is 1.57. The molecule has 0 bridgehead atoms. The Labute approximate surface area is 158 Å². The highest BCUT2D eigenvalue weighted by Gasteiger charge is 2.42. The van der Waals surface area contributed by atoms with E-state index in [1.807, 2.05) is 18.7 Å². The van der Waals surface area contributed by atoms with Gasteiger partial charge in [0.2, 0.25) is 5.91 Å². The van der Waals surface area contributed by atoms with Crippen LogP contribution in [0.2, 0.25) is 5.02 Å². The average molecular weight is 378 g/mol. The van der Waals surface area contributed by atoms with Crippen molar-refractivity contribution < 1.29 is 14.4 Å². The molecule has 1 saturated carbocycles. The predicted octanol–water partition coefficient (Wildman–Crippen LogP) is 2.22. The summed E-state index contributed by atoms with van der Waals surface area (Å²) in [7, 11) is 0. The maximum Gasteiger partial charge on any atom is 0.313 e. The highest BCUT2D eigenvalue weighted by molar-refractivity contribution is 6.39. The summed E-state index contributed by atoms with van der Waals surface area (Å²) in [6.45, 7) is 7.49. The average Bonchev–Trinajstić information content (AvgIpc) is 3.33. The third kappa shape index (κ3) is 3.85. The number of hydrogen-bond donors (Lipinski definition) is 1. The van der Waals surface area contributed by atoms with Crippen LogP contribution in [0.5, 0.6) is 0 Å². The summed E-state index contributed by atoms with van der Waals surface area (Å²) in [4.78, 5) is 40.4. The van der Waals surface area contributed by atoms with Crippen molar-refractivity contribution in [1.82, 2.24) is 9.80 Å². The Morgan fingerprint density at radius 1 is 1.04 bits per heavy atom. The van der Waals surface area contributed by atoms with Crippen LogP contribution in [0.15, 0.2) is 12.1 Å². The number of nitrogens with zero attached hydrogens (tertiary/aromatic N) is 2. The standard InChI is InChI=1S/C19H24ClN3O3/c1-11-10-15(11)18(25)22-4-6-23(7-5-22)19(26)17(24)21-16-12(2)8-14(20)9-13(16)3/h8-9,11,15H,4-7,10H2,1-3H3,(H,21,24)/t11-,15-/m0/s1. The minimum atomic E-state index is -0.658. The minimum Gasteiger partial charge on any atom is -0.339 e. The summed E-state index contributed by atoms with van der Waals surface area (Å²) in [6, 6.07) is 3.50. The fraction of sp³-hybridized carbons (Fsp3) is 0.526. The van der Waals surface area contributed by atoms with Gasteiger partial charge in [0.05, 0.1) is 0 Å². The molecule has 3 rings (SSSR count). The first-order chi connectivity index (χ1) is 12.3. The largest absolute Gasteiger partial charge is 0.339 e. The second kappa shape index (κ2) is 7.27. The Bertz CT molecular complexity index is 733. The van der Waals surface area contributed by atoms with Crippen LogP contribution in [0, 0.1) is 25.7 Å². The molecule has 140 valence electrons. The van der Waals surface area contributed by atoms with E-state index in [2.05, 4.69) is 12.2 Å². The van der Waals surface area contributed by atoms with E-state index >= 15 is 0 Å². The Kier molecular flexibility index (Phi) is 5.23. The number of hydrogen-bond acceptors (Lipinski definition) is 3. The lowest BCUT2D eigenvalue weighted by molar-refractivity contribution is -0.146. The van der Waals surface area contributed by atoms with Gasteiger partial charge >= 0.3 is 11.8 Å². The monoisotopic (exact) mass is 377 g/mol. The van der Waals surface area contributed by atoms with Gasteiger partial charge in [-0.3, -0.25) is 14.4 Å². The van der Waals surface area contributed by atoms with E-state index in [-0.39, 0.29) is 11.8 Å². The topological polar surface area (TPSA) is 69.7 Å². The zero-order valence-electron chi connectivity index (χ0n) is 15.3. The normalized spacial score (nSPS) is 22.2.